The number of hydrogen-bond acceptors (Lipinski definition) is 7. The summed E-state index contributed by atoms with van der Waals surface area (Å²) in [6, 6.07) is 25.7. The Morgan fingerprint density at radius 3 is 2.57 bits per heavy atom. The molecule has 0 spiro atoms. The molecule has 2 heterocycles. The third kappa shape index (κ3) is 4.93. The summed E-state index contributed by atoms with van der Waals surface area (Å²) >= 11 is 2.82. The van der Waals surface area contributed by atoms with Crippen molar-refractivity contribution in [1.82, 2.24) is 9.97 Å². The first-order valence-corrected chi connectivity index (χ1v) is 14.7. The van der Waals surface area contributed by atoms with Crippen LogP contribution in [0.2, 0.25) is 0 Å². The van der Waals surface area contributed by atoms with E-state index in [0.29, 0.717) is 11.3 Å². The van der Waals surface area contributed by atoms with Gasteiger partial charge in [0, 0.05) is 23.3 Å². The van der Waals surface area contributed by atoms with Gasteiger partial charge in [-0.25, -0.2) is 13.4 Å². The largest absolute Gasteiger partial charge is 0.293 e. The molecule has 0 atom stereocenters. The number of pyridine rings is 1. The zero-order valence-corrected chi connectivity index (χ0v) is 21.7. The third-order valence-electron chi connectivity index (χ3n) is 5.94. The number of aromatic nitrogens is 2. The molecule has 0 bridgehead atoms. The molecule has 0 radical (unpaired) electrons. The number of nitrogens with one attached hydrogen (secondary N) is 1. The summed E-state index contributed by atoms with van der Waals surface area (Å²) in [5, 5.41) is 3.81. The minimum absolute atomic E-state index is 0.0362. The number of fused-ring (bicyclic) bond motifs is 3. The van der Waals surface area contributed by atoms with E-state index in [4.69, 9.17) is 0 Å². The van der Waals surface area contributed by atoms with E-state index in [1.165, 1.54) is 23.1 Å². The molecule has 0 amide bonds. The second kappa shape index (κ2) is 9.59. The Kier molecular flexibility index (Phi) is 6.11. The van der Waals surface area contributed by atoms with E-state index in [1.54, 1.807) is 48.8 Å². The van der Waals surface area contributed by atoms with Crippen molar-refractivity contribution in [2.75, 3.05) is 10.5 Å². The van der Waals surface area contributed by atoms with Crippen LogP contribution in [0, 0.1) is 0 Å². The number of Topliss-reactive ketones (excluding diaryl/α,β-unsaturated/α-hetero) is 1. The van der Waals surface area contributed by atoms with Crippen LogP contribution in [0.5, 0.6) is 0 Å². The minimum atomic E-state index is -3.78. The second-order valence-electron chi connectivity index (χ2n) is 8.43. The van der Waals surface area contributed by atoms with E-state index in [1.807, 2.05) is 48.5 Å². The van der Waals surface area contributed by atoms with Crippen molar-refractivity contribution in [1.29, 1.82) is 0 Å². The highest BCUT2D eigenvalue weighted by Crippen LogP contribution is 2.32. The summed E-state index contributed by atoms with van der Waals surface area (Å²) < 4.78 is 30.2. The van der Waals surface area contributed by atoms with Gasteiger partial charge in [-0.2, -0.15) is 0 Å². The number of carbonyl (C=O) groups is 1. The van der Waals surface area contributed by atoms with Gasteiger partial charge in [-0.1, -0.05) is 54.2 Å². The molecular formula is C28H19N3O3S3. The molecule has 4 aromatic carbocycles. The molecule has 9 heteroatoms. The normalized spacial score (nSPS) is 11.8. The lowest BCUT2D eigenvalue weighted by molar-refractivity contribution is 0.102. The summed E-state index contributed by atoms with van der Waals surface area (Å²) in [5.74, 6) is 0.308. The van der Waals surface area contributed by atoms with Crippen LogP contribution in [-0.4, -0.2) is 29.9 Å². The lowest BCUT2D eigenvalue weighted by Gasteiger charge is -2.09. The number of nitrogens with zero attached hydrogens (tertiary/aromatic N) is 2. The van der Waals surface area contributed by atoms with Crippen LogP contribution in [0.25, 0.3) is 31.8 Å². The molecule has 0 saturated carbocycles. The predicted molar refractivity (Wildman–Crippen MR) is 151 cm³/mol. The Morgan fingerprint density at radius 2 is 1.68 bits per heavy atom. The monoisotopic (exact) mass is 541 g/mol. The molecule has 0 unspecified atom stereocenters. The number of thioether (sulfide) groups is 1. The standard InChI is InChI=1S/C28H19N3O3S3/c32-26(21-6-5-18-3-1-2-4-20(18)13-21)17-35-28-30-25-10-8-23(15-27(25)36-28)31-37(33,34)24-9-7-19-11-12-29-16-22(19)14-24/h1-16,31H,17H2. The van der Waals surface area contributed by atoms with Gasteiger partial charge in [0.15, 0.2) is 10.1 Å². The van der Waals surface area contributed by atoms with Gasteiger partial charge < -0.3 is 0 Å². The van der Waals surface area contributed by atoms with Crippen molar-refractivity contribution < 1.29 is 13.2 Å². The topological polar surface area (TPSA) is 89.0 Å². The van der Waals surface area contributed by atoms with E-state index in [2.05, 4.69) is 14.7 Å². The molecule has 2 aromatic heterocycles. The number of sulfonamides is 1. The average Bonchev–Trinajstić information content (AvgIpc) is 3.33. The Morgan fingerprint density at radius 1 is 0.865 bits per heavy atom. The molecule has 0 fully saturated rings. The number of carbonyl (C=O) groups excluding carboxylic acids is 1. The van der Waals surface area contributed by atoms with Crippen molar-refractivity contribution in [3.63, 3.8) is 0 Å². The summed E-state index contributed by atoms with van der Waals surface area (Å²) in [6.45, 7) is 0. The first-order chi connectivity index (χ1) is 17.9. The van der Waals surface area contributed by atoms with Crippen molar-refractivity contribution in [3.8, 4) is 0 Å². The van der Waals surface area contributed by atoms with Gasteiger partial charge in [0.05, 0.1) is 26.6 Å². The number of benzene rings is 4. The fourth-order valence-electron chi connectivity index (χ4n) is 4.05. The van der Waals surface area contributed by atoms with Crippen LogP contribution in [0.15, 0.2) is 107 Å². The molecule has 0 aliphatic heterocycles. The third-order valence-corrected chi connectivity index (χ3v) is 9.48. The van der Waals surface area contributed by atoms with Gasteiger partial charge in [0.25, 0.3) is 10.0 Å². The number of thiazole rings is 1. The van der Waals surface area contributed by atoms with Crippen LogP contribution in [0.1, 0.15) is 10.4 Å². The molecule has 1 N–H and O–H groups in total. The lowest BCUT2D eigenvalue weighted by Crippen LogP contribution is -2.12. The molecule has 6 rings (SSSR count). The molecule has 0 aliphatic rings. The fourth-order valence-corrected chi connectivity index (χ4v) is 7.13. The van der Waals surface area contributed by atoms with Gasteiger partial charge in [0.1, 0.15) is 0 Å². The van der Waals surface area contributed by atoms with Crippen molar-refractivity contribution in [3.05, 3.63) is 103 Å². The van der Waals surface area contributed by atoms with Crippen LogP contribution < -0.4 is 4.72 Å². The summed E-state index contributed by atoms with van der Waals surface area (Å²) in [4.78, 5) is 21.6. The van der Waals surface area contributed by atoms with E-state index in [0.717, 1.165) is 36.1 Å². The van der Waals surface area contributed by atoms with E-state index in [-0.39, 0.29) is 16.4 Å². The van der Waals surface area contributed by atoms with Crippen LogP contribution in [0.4, 0.5) is 5.69 Å². The van der Waals surface area contributed by atoms with Gasteiger partial charge in [-0.3, -0.25) is 14.5 Å². The average molecular weight is 542 g/mol. The number of anilines is 1. The van der Waals surface area contributed by atoms with Gasteiger partial charge in [0.2, 0.25) is 0 Å². The van der Waals surface area contributed by atoms with Crippen molar-refractivity contribution in [2.45, 2.75) is 9.24 Å². The van der Waals surface area contributed by atoms with Crippen molar-refractivity contribution in [2.24, 2.45) is 0 Å². The maximum absolute atomic E-state index is 13.0. The highest BCUT2D eigenvalue weighted by Gasteiger charge is 2.16. The maximum atomic E-state index is 13.0. The zero-order chi connectivity index (χ0) is 25.4. The quantitative estimate of drug-likeness (QED) is 0.177. The van der Waals surface area contributed by atoms with E-state index >= 15 is 0 Å². The Labute approximate surface area is 221 Å². The summed E-state index contributed by atoms with van der Waals surface area (Å²) in [6.07, 6.45) is 3.31. The number of rotatable bonds is 7. The highest BCUT2D eigenvalue weighted by molar-refractivity contribution is 8.01. The summed E-state index contributed by atoms with van der Waals surface area (Å²) in [5.41, 5.74) is 1.88. The van der Waals surface area contributed by atoms with Crippen LogP contribution in [0.3, 0.4) is 0 Å². The van der Waals surface area contributed by atoms with Gasteiger partial charge >= 0.3 is 0 Å². The molecule has 0 saturated heterocycles. The molecule has 6 aromatic rings. The van der Waals surface area contributed by atoms with Gasteiger partial charge in [-0.05, 0) is 58.6 Å². The molecule has 37 heavy (non-hydrogen) atoms. The molecule has 6 nitrogen and oxygen atoms in total. The second-order valence-corrected chi connectivity index (χ2v) is 12.4. The number of ketones is 1. The lowest BCUT2D eigenvalue weighted by atomic mass is 10.1. The zero-order valence-electron chi connectivity index (χ0n) is 19.3. The number of hydrogen-bond donors (Lipinski definition) is 1. The SMILES string of the molecule is O=C(CSc1nc2ccc(NS(=O)(=O)c3ccc4ccncc4c3)cc2s1)c1ccc2ccccc2c1. The maximum Gasteiger partial charge on any atom is 0.261 e. The van der Waals surface area contributed by atoms with Crippen LogP contribution in [-0.2, 0) is 10.0 Å². The Hall–Kier alpha value is -3.79. The Bertz CT molecular complexity index is 1920. The minimum Gasteiger partial charge on any atom is -0.293 e. The molecular weight excluding hydrogens is 523 g/mol. The molecule has 0 aliphatic carbocycles. The van der Waals surface area contributed by atoms with E-state index in [9.17, 15) is 13.2 Å². The highest BCUT2D eigenvalue weighted by atomic mass is 32.2. The van der Waals surface area contributed by atoms with Gasteiger partial charge in [-0.15, -0.1) is 11.3 Å². The first-order valence-electron chi connectivity index (χ1n) is 11.4. The van der Waals surface area contributed by atoms with E-state index < -0.39 is 10.0 Å². The van der Waals surface area contributed by atoms with Crippen LogP contribution >= 0.6 is 23.1 Å². The molecule has 182 valence electrons. The first kappa shape index (κ1) is 23.6. The Balaban J connectivity index is 1.17. The fraction of sp³-hybridized carbons (Fsp3) is 0.0357. The predicted octanol–water partition coefficient (Wildman–Crippen LogP) is 6.77. The van der Waals surface area contributed by atoms with Crippen molar-refractivity contribution >= 4 is 76.4 Å². The summed E-state index contributed by atoms with van der Waals surface area (Å²) in [7, 11) is -3.78. The smallest absolute Gasteiger partial charge is 0.261 e.